The second-order valence-corrected chi connectivity index (χ2v) is 2.77. The van der Waals surface area contributed by atoms with E-state index in [9.17, 15) is 13.2 Å². The van der Waals surface area contributed by atoms with Gasteiger partial charge in [0.05, 0.1) is 0 Å². The molecule has 0 aromatic heterocycles. The van der Waals surface area contributed by atoms with Crippen LogP contribution in [-0.4, -0.2) is 6.36 Å². The molecule has 0 N–H and O–H groups in total. The molecule has 4 heteroatoms. The van der Waals surface area contributed by atoms with Crippen LogP contribution in [0.4, 0.5) is 13.2 Å². The maximum Gasteiger partial charge on any atom is 0.573 e. The van der Waals surface area contributed by atoms with Gasteiger partial charge in [0.25, 0.3) is 0 Å². The van der Waals surface area contributed by atoms with Crippen LogP contribution in [0.1, 0.15) is 11.1 Å². The second kappa shape index (κ2) is 3.74. The zero-order valence-corrected chi connectivity index (χ0v) is 7.56. The van der Waals surface area contributed by atoms with E-state index in [0.717, 1.165) is 5.56 Å². The predicted octanol–water partition coefficient (Wildman–Crippen LogP) is 3.54. The molecule has 0 saturated carbocycles. The molecular formula is C10H9F3O. The Morgan fingerprint density at radius 3 is 2.50 bits per heavy atom. The number of benzene rings is 1. The normalized spacial score (nSPS) is 11.1. The van der Waals surface area contributed by atoms with E-state index in [1.165, 1.54) is 18.2 Å². The minimum Gasteiger partial charge on any atom is -0.406 e. The van der Waals surface area contributed by atoms with E-state index in [2.05, 4.69) is 11.3 Å². The fourth-order valence-corrected chi connectivity index (χ4v) is 1.04. The summed E-state index contributed by atoms with van der Waals surface area (Å²) >= 11 is 0. The molecule has 0 heterocycles. The Bertz CT molecular complexity index is 342. The van der Waals surface area contributed by atoms with Gasteiger partial charge in [-0.3, -0.25) is 0 Å². The lowest BCUT2D eigenvalue weighted by Gasteiger charge is -2.10. The molecular weight excluding hydrogens is 193 g/mol. The first-order valence-corrected chi connectivity index (χ1v) is 3.91. The molecule has 0 unspecified atom stereocenters. The first-order valence-electron chi connectivity index (χ1n) is 3.91. The van der Waals surface area contributed by atoms with E-state index in [-0.39, 0.29) is 5.75 Å². The van der Waals surface area contributed by atoms with Crippen LogP contribution in [0.2, 0.25) is 0 Å². The van der Waals surface area contributed by atoms with Crippen LogP contribution in [-0.2, 0) is 0 Å². The zero-order valence-electron chi connectivity index (χ0n) is 7.56. The van der Waals surface area contributed by atoms with E-state index < -0.39 is 6.36 Å². The van der Waals surface area contributed by atoms with Crippen LogP contribution in [0.15, 0.2) is 24.8 Å². The van der Waals surface area contributed by atoms with Crippen LogP contribution in [0.5, 0.6) is 5.75 Å². The van der Waals surface area contributed by atoms with Crippen LogP contribution in [0.3, 0.4) is 0 Å². The summed E-state index contributed by atoms with van der Waals surface area (Å²) in [6, 6.07) is 4.13. The third-order valence-electron chi connectivity index (χ3n) is 1.70. The van der Waals surface area contributed by atoms with E-state index in [1.807, 2.05) is 0 Å². The van der Waals surface area contributed by atoms with Crippen LogP contribution in [0.25, 0.3) is 6.08 Å². The van der Waals surface area contributed by atoms with Gasteiger partial charge in [0, 0.05) is 0 Å². The second-order valence-electron chi connectivity index (χ2n) is 2.77. The van der Waals surface area contributed by atoms with E-state index >= 15 is 0 Å². The SMILES string of the molecule is C=Cc1cc(OC(F)(F)F)ccc1C. The summed E-state index contributed by atoms with van der Waals surface area (Å²) in [5.41, 5.74) is 1.49. The number of aryl methyl sites for hydroxylation is 1. The van der Waals surface area contributed by atoms with Crippen LogP contribution < -0.4 is 4.74 Å². The molecule has 76 valence electrons. The van der Waals surface area contributed by atoms with Gasteiger partial charge in [-0.25, -0.2) is 0 Å². The molecule has 1 aromatic carbocycles. The maximum absolute atomic E-state index is 11.8. The van der Waals surface area contributed by atoms with Crippen LogP contribution >= 0.6 is 0 Å². The van der Waals surface area contributed by atoms with Gasteiger partial charge >= 0.3 is 6.36 Å². The summed E-state index contributed by atoms with van der Waals surface area (Å²) < 4.78 is 39.2. The quantitative estimate of drug-likeness (QED) is 0.712. The predicted molar refractivity (Wildman–Crippen MR) is 48.0 cm³/mol. The van der Waals surface area contributed by atoms with E-state index in [1.54, 1.807) is 13.0 Å². The Morgan fingerprint density at radius 2 is 2.00 bits per heavy atom. The Labute approximate surface area is 79.8 Å². The lowest BCUT2D eigenvalue weighted by Crippen LogP contribution is -2.17. The lowest BCUT2D eigenvalue weighted by atomic mass is 10.1. The first-order chi connectivity index (χ1) is 6.42. The number of hydrogen-bond donors (Lipinski definition) is 0. The monoisotopic (exact) mass is 202 g/mol. The van der Waals surface area contributed by atoms with Crippen molar-refractivity contribution in [2.45, 2.75) is 13.3 Å². The van der Waals surface area contributed by atoms with Crippen molar-refractivity contribution >= 4 is 6.08 Å². The van der Waals surface area contributed by atoms with Crippen molar-refractivity contribution in [2.75, 3.05) is 0 Å². The highest BCUT2D eigenvalue weighted by Gasteiger charge is 2.31. The highest BCUT2D eigenvalue weighted by atomic mass is 19.4. The van der Waals surface area contributed by atoms with E-state index in [0.29, 0.717) is 5.56 Å². The third kappa shape index (κ3) is 2.80. The molecule has 0 bridgehead atoms. The molecule has 14 heavy (non-hydrogen) atoms. The molecule has 1 nitrogen and oxygen atoms in total. The Hall–Kier alpha value is -1.45. The van der Waals surface area contributed by atoms with Gasteiger partial charge in [-0.15, -0.1) is 13.2 Å². The van der Waals surface area contributed by atoms with Crippen molar-refractivity contribution in [1.29, 1.82) is 0 Å². The molecule has 0 saturated heterocycles. The zero-order chi connectivity index (χ0) is 10.8. The van der Waals surface area contributed by atoms with Crippen LogP contribution in [0, 0.1) is 6.92 Å². The summed E-state index contributed by atoms with van der Waals surface area (Å²) in [6.45, 7) is 5.28. The van der Waals surface area contributed by atoms with Gasteiger partial charge in [0.2, 0.25) is 0 Å². The highest BCUT2D eigenvalue weighted by Crippen LogP contribution is 2.25. The van der Waals surface area contributed by atoms with Crippen molar-refractivity contribution in [1.82, 2.24) is 0 Å². The van der Waals surface area contributed by atoms with Gasteiger partial charge in [-0.2, -0.15) is 0 Å². The fourth-order valence-electron chi connectivity index (χ4n) is 1.04. The average molecular weight is 202 g/mol. The number of halogens is 3. The molecule has 1 aromatic rings. The standard InChI is InChI=1S/C10H9F3O/c1-3-8-6-9(5-4-7(8)2)14-10(11,12)13/h3-6H,1H2,2H3. The minimum absolute atomic E-state index is 0.224. The van der Waals surface area contributed by atoms with Gasteiger partial charge in [0.15, 0.2) is 0 Å². The number of alkyl halides is 3. The molecule has 0 aliphatic carbocycles. The number of rotatable bonds is 2. The van der Waals surface area contributed by atoms with E-state index in [4.69, 9.17) is 0 Å². The number of ether oxygens (including phenoxy) is 1. The largest absolute Gasteiger partial charge is 0.573 e. The topological polar surface area (TPSA) is 9.23 Å². The average Bonchev–Trinajstić information content (AvgIpc) is 2.06. The van der Waals surface area contributed by atoms with Crippen molar-refractivity contribution in [3.05, 3.63) is 35.9 Å². The molecule has 0 atom stereocenters. The summed E-state index contributed by atoms with van der Waals surface area (Å²) in [7, 11) is 0. The van der Waals surface area contributed by atoms with Crippen molar-refractivity contribution in [2.24, 2.45) is 0 Å². The summed E-state index contributed by atoms with van der Waals surface area (Å²) in [6.07, 6.45) is -3.16. The molecule has 1 rings (SSSR count). The third-order valence-corrected chi connectivity index (χ3v) is 1.70. The van der Waals surface area contributed by atoms with Gasteiger partial charge < -0.3 is 4.74 Å². The first kappa shape index (κ1) is 10.6. The summed E-state index contributed by atoms with van der Waals surface area (Å²) in [4.78, 5) is 0. The Kier molecular flexibility index (Phi) is 2.84. The molecule has 0 fully saturated rings. The number of hydrogen-bond acceptors (Lipinski definition) is 1. The fraction of sp³-hybridized carbons (Fsp3) is 0.200. The molecule has 0 aliphatic rings. The van der Waals surface area contributed by atoms with Crippen molar-refractivity contribution < 1.29 is 17.9 Å². The maximum atomic E-state index is 11.8. The Balaban J connectivity index is 2.95. The lowest BCUT2D eigenvalue weighted by molar-refractivity contribution is -0.274. The van der Waals surface area contributed by atoms with Gasteiger partial charge in [-0.1, -0.05) is 18.7 Å². The van der Waals surface area contributed by atoms with Gasteiger partial charge in [0.1, 0.15) is 5.75 Å². The molecule has 0 spiro atoms. The molecule has 0 radical (unpaired) electrons. The highest BCUT2D eigenvalue weighted by molar-refractivity contribution is 5.54. The Morgan fingerprint density at radius 1 is 1.36 bits per heavy atom. The smallest absolute Gasteiger partial charge is 0.406 e. The summed E-state index contributed by atoms with van der Waals surface area (Å²) in [5, 5.41) is 0. The molecule has 0 aliphatic heterocycles. The van der Waals surface area contributed by atoms with Gasteiger partial charge in [-0.05, 0) is 30.2 Å². The summed E-state index contributed by atoms with van der Waals surface area (Å²) in [5.74, 6) is -0.224. The minimum atomic E-state index is -4.65. The van der Waals surface area contributed by atoms with Crippen molar-refractivity contribution in [3.63, 3.8) is 0 Å². The molecule has 0 amide bonds. The van der Waals surface area contributed by atoms with Crippen molar-refractivity contribution in [3.8, 4) is 5.75 Å².